The van der Waals surface area contributed by atoms with Crippen LogP contribution in [0.25, 0.3) is 0 Å². The molecule has 0 bridgehead atoms. The highest BCUT2D eigenvalue weighted by molar-refractivity contribution is 4.98. The number of allylic oxidation sites excluding steroid dienone is 1. The first-order valence-electron chi connectivity index (χ1n) is 4.66. The molecule has 12 heavy (non-hydrogen) atoms. The average molecular weight is 169 g/mol. The fourth-order valence-electron chi connectivity index (χ4n) is 1.08. The molecule has 0 aliphatic heterocycles. The smallest absolute Gasteiger partial charge is 0.0311 e. The molecule has 1 nitrogen and oxygen atoms in total. The summed E-state index contributed by atoms with van der Waals surface area (Å²) in [6.07, 6.45) is 1.09. The lowest BCUT2D eigenvalue weighted by Gasteiger charge is -2.36. The summed E-state index contributed by atoms with van der Waals surface area (Å²) in [5.41, 5.74) is 1.43. The summed E-state index contributed by atoms with van der Waals surface area (Å²) in [6, 6.07) is 0. The zero-order valence-corrected chi connectivity index (χ0v) is 9.44. The molecule has 0 amide bonds. The van der Waals surface area contributed by atoms with Crippen LogP contribution in [0, 0.1) is 5.92 Å². The van der Waals surface area contributed by atoms with E-state index in [1.165, 1.54) is 5.70 Å². The Bertz CT molecular complexity index is 151. The molecule has 0 N–H and O–H groups in total. The van der Waals surface area contributed by atoms with Gasteiger partial charge >= 0.3 is 0 Å². The van der Waals surface area contributed by atoms with Crippen LogP contribution in [0.4, 0.5) is 0 Å². The lowest BCUT2D eigenvalue weighted by molar-refractivity contribution is 0.216. The third kappa shape index (κ3) is 3.80. The topological polar surface area (TPSA) is 3.24 Å². The molecule has 1 heteroatoms. The molecule has 0 saturated heterocycles. The fraction of sp³-hybridized carbons (Fsp3) is 0.818. The highest BCUT2D eigenvalue weighted by Gasteiger charge is 2.18. The normalized spacial score (nSPS) is 11.9. The van der Waals surface area contributed by atoms with Gasteiger partial charge in [-0.1, -0.05) is 20.4 Å². The SMILES string of the molecule is C=C(CC(C)C)N(C)C(C)(C)C. The molecule has 0 saturated carbocycles. The maximum atomic E-state index is 4.09. The Morgan fingerprint density at radius 2 is 1.75 bits per heavy atom. The minimum absolute atomic E-state index is 0.200. The fourth-order valence-corrected chi connectivity index (χ4v) is 1.08. The van der Waals surface area contributed by atoms with E-state index in [-0.39, 0.29) is 5.54 Å². The van der Waals surface area contributed by atoms with Crippen molar-refractivity contribution >= 4 is 0 Å². The summed E-state index contributed by atoms with van der Waals surface area (Å²) in [5, 5.41) is 0. The van der Waals surface area contributed by atoms with E-state index in [1.807, 2.05) is 0 Å². The van der Waals surface area contributed by atoms with Gasteiger partial charge in [-0.25, -0.2) is 0 Å². The Kier molecular flexibility index (Phi) is 3.82. The average Bonchev–Trinajstić information content (AvgIpc) is 1.82. The van der Waals surface area contributed by atoms with Gasteiger partial charge in [-0.15, -0.1) is 0 Å². The Morgan fingerprint density at radius 3 is 2.00 bits per heavy atom. The Balaban J connectivity index is 4.12. The first kappa shape index (κ1) is 11.5. The predicted molar refractivity (Wildman–Crippen MR) is 56.1 cm³/mol. The molecule has 0 heterocycles. The molecule has 0 atom stereocenters. The minimum atomic E-state index is 0.200. The summed E-state index contributed by atoms with van der Waals surface area (Å²) in [5.74, 6) is 0.697. The summed E-state index contributed by atoms with van der Waals surface area (Å²) in [7, 11) is 2.12. The van der Waals surface area contributed by atoms with Crippen molar-refractivity contribution in [2.24, 2.45) is 5.92 Å². The Morgan fingerprint density at radius 1 is 1.33 bits per heavy atom. The molecule has 0 aliphatic rings. The van der Waals surface area contributed by atoms with Gasteiger partial charge in [-0.2, -0.15) is 0 Å². The quantitative estimate of drug-likeness (QED) is 0.626. The van der Waals surface area contributed by atoms with Crippen LogP contribution < -0.4 is 0 Å². The second-order valence-corrected chi connectivity index (χ2v) is 4.89. The lowest BCUT2D eigenvalue weighted by atomic mass is 10.0. The molecular formula is C11H23N. The summed E-state index contributed by atoms with van der Waals surface area (Å²) in [6.45, 7) is 15.2. The zero-order chi connectivity index (χ0) is 9.94. The zero-order valence-electron chi connectivity index (χ0n) is 9.44. The van der Waals surface area contributed by atoms with Gasteiger partial charge in [0, 0.05) is 18.3 Å². The highest BCUT2D eigenvalue weighted by atomic mass is 15.2. The van der Waals surface area contributed by atoms with Crippen LogP contribution in [-0.2, 0) is 0 Å². The predicted octanol–water partition coefficient (Wildman–Crippen LogP) is 3.28. The van der Waals surface area contributed by atoms with E-state index in [0.717, 1.165) is 6.42 Å². The Labute approximate surface area is 77.5 Å². The van der Waals surface area contributed by atoms with E-state index in [4.69, 9.17) is 0 Å². The van der Waals surface area contributed by atoms with Crippen molar-refractivity contribution in [1.82, 2.24) is 4.90 Å². The number of hydrogen-bond acceptors (Lipinski definition) is 1. The molecule has 0 fully saturated rings. The van der Waals surface area contributed by atoms with E-state index in [2.05, 4.69) is 53.1 Å². The van der Waals surface area contributed by atoms with Crippen molar-refractivity contribution in [2.45, 2.75) is 46.6 Å². The van der Waals surface area contributed by atoms with Gasteiger partial charge < -0.3 is 4.90 Å². The monoisotopic (exact) mass is 169 g/mol. The highest BCUT2D eigenvalue weighted by Crippen LogP contribution is 2.20. The Hall–Kier alpha value is -0.460. The first-order valence-corrected chi connectivity index (χ1v) is 4.66. The molecule has 0 aromatic carbocycles. The van der Waals surface area contributed by atoms with E-state index >= 15 is 0 Å². The molecule has 0 aromatic heterocycles. The number of hydrogen-bond donors (Lipinski definition) is 0. The van der Waals surface area contributed by atoms with Gasteiger partial charge in [0.25, 0.3) is 0 Å². The summed E-state index contributed by atoms with van der Waals surface area (Å²) >= 11 is 0. The van der Waals surface area contributed by atoms with Crippen LogP contribution >= 0.6 is 0 Å². The van der Waals surface area contributed by atoms with Crippen molar-refractivity contribution in [3.63, 3.8) is 0 Å². The molecule has 72 valence electrons. The maximum absolute atomic E-state index is 4.09. The third-order valence-electron chi connectivity index (χ3n) is 2.12. The van der Waals surface area contributed by atoms with Crippen molar-refractivity contribution in [1.29, 1.82) is 0 Å². The molecule has 0 aliphatic carbocycles. The number of nitrogens with zero attached hydrogens (tertiary/aromatic N) is 1. The molecule has 0 aromatic rings. The van der Waals surface area contributed by atoms with E-state index < -0.39 is 0 Å². The second-order valence-electron chi connectivity index (χ2n) is 4.89. The van der Waals surface area contributed by atoms with E-state index in [0.29, 0.717) is 5.92 Å². The van der Waals surface area contributed by atoms with Crippen LogP contribution in [0.2, 0.25) is 0 Å². The minimum Gasteiger partial charge on any atom is -0.374 e. The second kappa shape index (κ2) is 3.97. The maximum Gasteiger partial charge on any atom is 0.0311 e. The van der Waals surface area contributed by atoms with E-state index in [1.54, 1.807) is 0 Å². The molecule has 0 rings (SSSR count). The van der Waals surface area contributed by atoms with Gasteiger partial charge in [-0.3, -0.25) is 0 Å². The number of rotatable bonds is 3. The van der Waals surface area contributed by atoms with Crippen molar-refractivity contribution in [2.75, 3.05) is 7.05 Å². The van der Waals surface area contributed by atoms with Gasteiger partial charge in [-0.05, 0) is 33.1 Å². The van der Waals surface area contributed by atoms with Crippen molar-refractivity contribution in [3.05, 3.63) is 12.3 Å². The molecular weight excluding hydrogens is 146 g/mol. The standard InChI is InChI=1S/C11H23N/c1-9(2)8-10(3)12(7)11(4,5)6/h9H,3,8H2,1-2,4-7H3. The van der Waals surface area contributed by atoms with Gasteiger partial charge in [0.1, 0.15) is 0 Å². The van der Waals surface area contributed by atoms with Gasteiger partial charge in [0.15, 0.2) is 0 Å². The first-order chi connectivity index (χ1) is 5.25. The van der Waals surface area contributed by atoms with E-state index in [9.17, 15) is 0 Å². The van der Waals surface area contributed by atoms with Crippen LogP contribution in [0.15, 0.2) is 12.3 Å². The van der Waals surface area contributed by atoms with Gasteiger partial charge in [0.2, 0.25) is 0 Å². The largest absolute Gasteiger partial charge is 0.374 e. The van der Waals surface area contributed by atoms with Gasteiger partial charge in [0.05, 0.1) is 0 Å². The van der Waals surface area contributed by atoms with Crippen LogP contribution in [0.3, 0.4) is 0 Å². The summed E-state index contributed by atoms with van der Waals surface area (Å²) < 4.78 is 0. The van der Waals surface area contributed by atoms with Crippen LogP contribution in [0.5, 0.6) is 0 Å². The lowest BCUT2D eigenvalue weighted by Crippen LogP contribution is -2.37. The van der Waals surface area contributed by atoms with Crippen molar-refractivity contribution < 1.29 is 0 Å². The van der Waals surface area contributed by atoms with Crippen molar-refractivity contribution in [3.8, 4) is 0 Å². The summed E-state index contributed by atoms with van der Waals surface area (Å²) in [4.78, 5) is 2.26. The molecule has 0 unspecified atom stereocenters. The third-order valence-corrected chi connectivity index (χ3v) is 2.12. The molecule has 0 radical (unpaired) electrons. The van der Waals surface area contributed by atoms with Crippen LogP contribution in [0.1, 0.15) is 41.0 Å². The van der Waals surface area contributed by atoms with Crippen LogP contribution in [-0.4, -0.2) is 17.5 Å². The molecule has 0 spiro atoms.